The summed E-state index contributed by atoms with van der Waals surface area (Å²) in [6.07, 6.45) is 1.40. The monoisotopic (exact) mass is 562 g/mol. The molecule has 11 heteroatoms. The average molecular weight is 564 g/mol. The van der Waals surface area contributed by atoms with Gasteiger partial charge in [-0.05, 0) is 42.0 Å². The van der Waals surface area contributed by atoms with Crippen molar-refractivity contribution in [1.82, 2.24) is 5.43 Å². The number of hydrogen-bond acceptors (Lipinski definition) is 7. The number of rotatable bonds is 8. The van der Waals surface area contributed by atoms with E-state index in [9.17, 15) is 9.59 Å². The van der Waals surface area contributed by atoms with Gasteiger partial charge in [0.2, 0.25) is 0 Å². The molecule has 0 radical (unpaired) electrons. The third kappa shape index (κ3) is 5.91. The first-order chi connectivity index (χ1) is 17.4. The number of carbonyl (C=O) groups excluding carboxylic acids is 2. The molecule has 0 spiro atoms. The van der Waals surface area contributed by atoms with E-state index >= 15 is 0 Å². The van der Waals surface area contributed by atoms with Gasteiger partial charge in [-0.25, -0.2) is 10.2 Å². The van der Waals surface area contributed by atoms with Crippen LogP contribution in [-0.2, 0) is 4.79 Å². The molecule has 1 heterocycles. The Hall–Kier alpha value is -3.30. The van der Waals surface area contributed by atoms with Crippen molar-refractivity contribution < 1.29 is 23.8 Å². The molecule has 4 aromatic rings. The zero-order chi connectivity index (χ0) is 25.7. The highest BCUT2D eigenvalue weighted by Gasteiger charge is 2.20. The minimum Gasteiger partial charge on any atom is -0.493 e. The van der Waals surface area contributed by atoms with Crippen LogP contribution in [0.4, 0.5) is 0 Å². The van der Waals surface area contributed by atoms with Crippen LogP contribution in [0.5, 0.6) is 17.2 Å². The summed E-state index contributed by atoms with van der Waals surface area (Å²) in [5.41, 5.74) is 2.94. The number of esters is 1. The van der Waals surface area contributed by atoms with Crippen LogP contribution in [-0.4, -0.2) is 31.8 Å². The Morgan fingerprint density at radius 1 is 0.972 bits per heavy atom. The molecule has 36 heavy (non-hydrogen) atoms. The van der Waals surface area contributed by atoms with E-state index in [1.165, 1.54) is 24.7 Å². The standard InChI is InChI=1S/C25H17Cl3N2O5S/c1-33-19-11-14(12-29-30-21(31)13-34-18-7-4-6-16(26)23(18)28)9-10-17(19)35-25(32)24-22(27)15-5-2-3-8-20(15)36-24/h2-12H,13H2,1H3,(H,30,31). The second-order valence-corrected chi connectivity index (χ2v) is 9.39. The van der Waals surface area contributed by atoms with Crippen molar-refractivity contribution in [2.75, 3.05) is 13.7 Å². The minimum atomic E-state index is -0.590. The summed E-state index contributed by atoms with van der Waals surface area (Å²) in [4.78, 5) is 25.1. The van der Waals surface area contributed by atoms with Crippen LogP contribution < -0.4 is 19.6 Å². The normalized spacial score (nSPS) is 11.0. The summed E-state index contributed by atoms with van der Waals surface area (Å²) in [6, 6.07) is 17.1. The maximum Gasteiger partial charge on any atom is 0.355 e. The summed E-state index contributed by atoms with van der Waals surface area (Å²) in [7, 11) is 1.44. The molecule has 1 aromatic heterocycles. The Labute approximate surface area is 225 Å². The molecular weight excluding hydrogens is 547 g/mol. The lowest BCUT2D eigenvalue weighted by molar-refractivity contribution is -0.123. The minimum absolute atomic E-state index is 0.212. The molecule has 7 nitrogen and oxygen atoms in total. The molecule has 0 aliphatic rings. The zero-order valence-electron chi connectivity index (χ0n) is 18.6. The SMILES string of the molecule is COc1cc(C=NNC(=O)COc2cccc(Cl)c2Cl)ccc1OC(=O)c1sc2ccccc2c1Cl. The van der Waals surface area contributed by atoms with Gasteiger partial charge in [-0.2, -0.15) is 5.10 Å². The number of hydrogen-bond donors (Lipinski definition) is 1. The molecule has 0 bridgehead atoms. The molecule has 1 amide bonds. The van der Waals surface area contributed by atoms with Crippen molar-refractivity contribution in [3.63, 3.8) is 0 Å². The molecular formula is C25H17Cl3N2O5S. The zero-order valence-corrected chi connectivity index (χ0v) is 21.7. The summed E-state index contributed by atoms with van der Waals surface area (Å²) in [5, 5.41) is 5.58. The van der Waals surface area contributed by atoms with Crippen LogP contribution in [0.2, 0.25) is 15.1 Å². The van der Waals surface area contributed by atoms with Gasteiger partial charge in [0.1, 0.15) is 15.6 Å². The van der Waals surface area contributed by atoms with Crippen molar-refractivity contribution in [2.45, 2.75) is 0 Å². The first kappa shape index (κ1) is 25.8. The van der Waals surface area contributed by atoms with Gasteiger partial charge in [0, 0.05) is 10.1 Å². The van der Waals surface area contributed by atoms with Crippen molar-refractivity contribution in [3.8, 4) is 17.2 Å². The first-order valence-corrected chi connectivity index (χ1v) is 12.3. The fraction of sp³-hybridized carbons (Fsp3) is 0.0800. The molecule has 184 valence electrons. The lowest BCUT2D eigenvalue weighted by Gasteiger charge is -2.09. The Kier molecular flexibility index (Phi) is 8.32. The first-order valence-electron chi connectivity index (χ1n) is 10.3. The number of thiophene rings is 1. The number of hydrazone groups is 1. The predicted octanol–water partition coefficient (Wildman–Crippen LogP) is 6.62. The van der Waals surface area contributed by atoms with Gasteiger partial charge in [-0.1, -0.05) is 59.1 Å². The largest absolute Gasteiger partial charge is 0.493 e. The second kappa shape index (κ2) is 11.6. The number of carbonyl (C=O) groups is 2. The van der Waals surface area contributed by atoms with Crippen LogP contribution >= 0.6 is 46.1 Å². The molecule has 0 saturated carbocycles. The van der Waals surface area contributed by atoms with Crippen LogP contribution in [0.3, 0.4) is 0 Å². The molecule has 0 aliphatic carbocycles. The average Bonchev–Trinajstić information content (AvgIpc) is 3.22. The van der Waals surface area contributed by atoms with Crippen LogP contribution in [0.25, 0.3) is 10.1 Å². The van der Waals surface area contributed by atoms with E-state index in [0.717, 1.165) is 10.1 Å². The predicted molar refractivity (Wildman–Crippen MR) is 142 cm³/mol. The van der Waals surface area contributed by atoms with Crippen molar-refractivity contribution in [1.29, 1.82) is 0 Å². The summed E-state index contributed by atoms with van der Waals surface area (Å²) in [5.74, 6) is -0.290. The van der Waals surface area contributed by atoms with E-state index in [4.69, 9.17) is 49.0 Å². The van der Waals surface area contributed by atoms with Crippen LogP contribution in [0.15, 0.2) is 65.8 Å². The number of fused-ring (bicyclic) bond motifs is 1. The molecule has 0 saturated heterocycles. The fourth-order valence-corrected chi connectivity index (χ4v) is 4.82. The van der Waals surface area contributed by atoms with E-state index in [-0.39, 0.29) is 23.1 Å². The number of ether oxygens (including phenoxy) is 3. The lowest BCUT2D eigenvalue weighted by atomic mass is 10.2. The Morgan fingerprint density at radius 3 is 2.56 bits per heavy atom. The van der Waals surface area contributed by atoms with Gasteiger partial charge >= 0.3 is 5.97 Å². The van der Waals surface area contributed by atoms with E-state index < -0.39 is 11.9 Å². The molecule has 0 aliphatic heterocycles. The van der Waals surface area contributed by atoms with E-state index in [2.05, 4.69) is 10.5 Å². The molecule has 0 unspecified atom stereocenters. The van der Waals surface area contributed by atoms with Gasteiger partial charge in [0.25, 0.3) is 5.91 Å². The number of halogens is 3. The fourth-order valence-electron chi connectivity index (χ4n) is 3.09. The Balaban J connectivity index is 1.37. The maximum absolute atomic E-state index is 12.8. The Morgan fingerprint density at radius 2 is 1.78 bits per heavy atom. The number of methoxy groups -OCH3 is 1. The van der Waals surface area contributed by atoms with Crippen LogP contribution in [0, 0.1) is 0 Å². The van der Waals surface area contributed by atoms with Crippen LogP contribution in [0.1, 0.15) is 15.2 Å². The number of nitrogens with zero attached hydrogens (tertiary/aromatic N) is 1. The lowest BCUT2D eigenvalue weighted by Crippen LogP contribution is -2.24. The summed E-state index contributed by atoms with van der Waals surface area (Å²) in [6.45, 7) is -0.310. The number of amides is 1. The summed E-state index contributed by atoms with van der Waals surface area (Å²) >= 11 is 19.6. The molecule has 0 fully saturated rings. The van der Waals surface area contributed by atoms with Crippen molar-refractivity contribution >= 4 is 74.3 Å². The highest BCUT2D eigenvalue weighted by atomic mass is 35.5. The third-order valence-electron chi connectivity index (χ3n) is 4.79. The van der Waals surface area contributed by atoms with E-state index in [1.807, 2.05) is 24.3 Å². The smallest absolute Gasteiger partial charge is 0.355 e. The van der Waals surface area contributed by atoms with E-state index in [1.54, 1.807) is 36.4 Å². The van der Waals surface area contributed by atoms with Gasteiger partial charge in [0.15, 0.2) is 18.1 Å². The topological polar surface area (TPSA) is 86.2 Å². The van der Waals surface area contributed by atoms with Gasteiger partial charge < -0.3 is 14.2 Å². The number of nitrogens with one attached hydrogen (secondary N) is 1. The third-order valence-corrected chi connectivity index (χ3v) is 7.25. The van der Waals surface area contributed by atoms with Gasteiger partial charge in [0.05, 0.1) is 23.4 Å². The van der Waals surface area contributed by atoms with Gasteiger partial charge in [-0.15, -0.1) is 11.3 Å². The molecule has 1 N–H and O–H groups in total. The van der Waals surface area contributed by atoms with Gasteiger partial charge in [-0.3, -0.25) is 4.79 Å². The molecule has 4 rings (SSSR count). The highest BCUT2D eigenvalue weighted by Crippen LogP contribution is 2.37. The quantitative estimate of drug-likeness (QED) is 0.113. The van der Waals surface area contributed by atoms with Crippen molar-refractivity contribution in [2.24, 2.45) is 5.10 Å². The Bertz CT molecular complexity index is 1470. The summed E-state index contributed by atoms with van der Waals surface area (Å²) < 4.78 is 17.1. The van der Waals surface area contributed by atoms with Crippen molar-refractivity contribution in [3.05, 3.63) is 86.2 Å². The highest BCUT2D eigenvalue weighted by molar-refractivity contribution is 7.21. The maximum atomic E-state index is 12.8. The van der Waals surface area contributed by atoms with E-state index in [0.29, 0.717) is 26.2 Å². The molecule has 3 aromatic carbocycles. The number of benzene rings is 3. The molecule has 0 atom stereocenters. The second-order valence-electron chi connectivity index (χ2n) is 7.17.